The molecule has 25 heavy (non-hydrogen) atoms. The number of urea groups is 1. The van der Waals surface area contributed by atoms with E-state index in [9.17, 15) is 9.59 Å². The molecule has 0 fully saturated rings. The monoisotopic (exact) mass is 347 g/mol. The third-order valence-electron chi connectivity index (χ3n) is 3.21. The molecule has 1 aromatic heterocycles. The second kappa shape index (κ2) is 11.6. The van der Waals surface area contributed by atoms with Gasteiger partial charge >= 0.3 is 6.03 Å². The first-order valence-electron chi connectivity index (χ1n) is 8.36. The quantitative estimate of drug-likeness (QED) is 0.430. The normalized spacial score (nSPS) is 9.80. The molecule has 0 spiro atoms. The molecule has 0 aliphatic heterocycles. The Morgan fingerprint density at radius 3 is 2.60 bits per heavy atom. The van der Waals surface area contributed by atoms with E-state index in [1.807, 2.05) is 13.0 Å². The highest BCUT2D eigenvalue weighted by molar-refractivity contribution is 5.75. The Morgan fingerprint density at radius 2 is 1.96 bits per heavy atom. The van der Waals surface area contributed by atoms with Crippen molar-refractivity contribution in [3.05, 3.63) is 18.1 Å². The lowest BCUT2D eigenvalue weighted by molar-refractivity contribution is -0.118. The number of hydrazine groups is 1. The summed E-state index contributed by atoms with van der Waals surface area (Å²) >= 11 is 0. The Kier molecular flexibility index (Phi) is 9.36. The molecule has 3 amide bonds. The number of hydrogen-bond donors (Lipinski definition) is 3. The van der Waals surface area contributed by atoms with Crippen LogP contribution < -0.4 is 21.1 Å². The lowest BCUT2D eigenvalue weighted by Gasteiger charge is -2.23. The molecule has 0 aromatic carbocycles. The second-order valence-corrected chi connectivity index (χ2v) is 5.41. The maximum atomic E-state index is 12.0. The van der Waals surface area contributed by atoms with Gasteiger partial charge in [0.15, 0.2) is 5.82 Å². The minimum absolute atomic E-state index is 0.0298. The average Bonchev–Trinajstić information content (AvgIpc) is 2.60. The first-order chi connectivity index (χ1) is 12.1. The van der Waals surface area contributed by atoms with Gasteiger partial charge in [-0.2, -0.15) is 10.2 Å². The molecule has 3 N–H and O–H groups in total. The number of unbranched alkanes of at least 4 members (excludes halogenated alkanes) is 2. The van der Waals surface area contributed by atoms with E-state index in [0.717, 1.165) is 25.7 Å². The fourth-order valence-electron chi connectivity index (χ4n) is 2.06. The first kappa shape index (κ1) is 20.2. The van der Waals surface area contributed by atoms with E-state index in [0.29, 0.717) is 25.5 Å². The zero-order valence-electron chi connectivity index (χ0n) is 14.7. The summed E-state index contributed by atoms with van der Waals surface area (Å²) in [5.74, 6) is 0.497. The van der Waals surface area contributed by atoms with Crippen LogP contribution in [0.3, 0.4) is 0 Å². The molecule has 0 atom stereocenters. The summed E-state index contributed by atoms with van der Waals surface area (Å²) in [7, 11) is 0. The number of aromatic nitrogens is 2. The van der Waals surface area contributed by atoms with Gasteiger partial charge in [0.25, 0.3) is 0 Å². The molecule has 1 rings (SSSR count). The Morgan fingerprint density at radius 1 is 1.24 bits per heavy atom. The highest BCUT2D eigenvalue weighted by Crippen LogP contribution is 2.07. The van der Waals surface area contributed by atoms with Crippen LogP contribution in [0.2, 0.25) is 0 Å². The lowest BCUT2D eigenvalue weighted by atomic mass is 10.2. The third-order valence-corrected chi connectivity index (χ3v) is 3.21. The Hall–Kier alpha value is -2.89. The number of anilines is 1. The lowest BCUT2D eigenvalue weighted by Crippen LogP contribution is -2.48. The molecule has 0 radical (unpaired) electrons. The van der Waals surface area contributed by atoms with Gasteiger partial charge in [0, 0.05) is 38.8 Å². The SMILES string of the molecule is CCCN(NC(=O)NCCCCCNC(C)=O)c1ccnc(C#N)n1. The molecule has 1 aromatic rings. The van der Waals surface area contributed by atoms with Gasteiger partial charge in [-0.3, -0.25) is 9.80 Å². The summed E-state index contributed by atoms with van der Waals surface area (Å²) in [6.07, 6.45) is 4.90. The molecule has 0 saturated heterocycles. The molecule has 9 heteroatoms. The summed E-state index contributed by atoms with van der Waals surface area (Å²) in [6.45, 7) is 5.23. The van der Waals surface area contributed by atoms with E-state index in [2.05, 4.69) is 26.0 Å². The fourth-order valence-corrected chi connectivity index (χ4v) is 2.06. The third kappa shape index (κ3) is 8.50. The molecule has 0 aliphatic rings. The van der Waals surface area contributed by atoms with Gasteiger partial charge in [-0.05, 0) is 25.7 Å². The van der Waals surface area contributed by atoms with E-state index < -0.39 is 0 Å². The Bertz CT molecular complexity index is 600. The summed E-state index contributed by atoms with van der Waals surface area (Å²) in [6, 6.07) is 3.19. The number of rotatable bonds is 10. The van der Waals surface area contributed by atoms with Crippen LogP contribution in [0, 0.1) is 11.3 Å². The van der Waals surface area contributed by atoms with E-state index >= 15 is 0 Å². The van der Waals surface area contributed by atoms with Gasteiger partial charge in [0.2, 0.25) is 11.7 Å². The summed E-state index contributed by atoms with van der Waals surface area (Å²) in [5.41, 5.74) is 2.73. The van der Waals surface area contributed by atoms with Crippen LogP contribution in [-0.4, -0.2) is 41.5 Å². The van der Waals surface area contributed by atoms with Crippen molar-refractivity contribution in [1.82, 2.24) is 26.0 Å². The van der Waals surface area contributed by atoms with Crippen LogP contribution in [-0.2, 0) is 4.79 Å². The molecule has 0 bridgehead atoms. The summed E-state index contributed by atoms with van der Waals surface area (Å²) in [5, 5.41) is 16.0. The summed E-state index contributed by atoms with van der Waals surface area (Å²) in [4.78, 5) is 30.6. The van der Waals surface area contributed by atoms with Crippen LogP contribution in [0.1, 0.15) is 45.4 Å². The Balaban J connectivity index is 2.36. The van der Waals surface area contributed by atoms with Gasteiger partial charge in [-0.25, -0.2) is 15.2 Å². The number of amides is 3. The molecular weight excluding hydrogens is 322 g/mol. The van der Waals surface area contributed by atoms with Crippen molar-refractivity contribution in [2.75, 3.05) is 24.6 Å². The number of nitriles is 1. The highest BCUT2D eigenvalue weighted by Gasteiger charge is 2.11. The van der Waals surface area contributed by atoms with Crippen molar-refractivity contribution in [1.29, 1.82) is 5.26 Å². The van der Waals surface area contributed by atoms with Crippen molar-refractivity contribution in [2.45, 2.75) is 39.5 Å². The maximum Gasteiger partial charge on any atom is 0.333 e. The Labute approximate surface area is 147 Å². The maximum absolute atomic E-state index is 12.0. The number of carbonyl (C=O) groups excluding carboxylic acids is 2. The van der Waals surface area contributed by atoms with Crippen molar-refractivity contribution in [2.24, 2.45) is 0 Å². The number of nitrogens with zero attached hydrogens (tertiary/aromatic N) is 4. The van der Waals surface area contributed by atoms with E-state index in [1.54, 1.807) is 11.1 Å². The van der Waals surface area contributed by atoms with Crippen LogP contribution in [0.15, 0.2) is 12.3 Å². The predicted molar refractivity (Wildman–Crippen MR) is 93.5 cm³/mol. The van der Waals surface area contributed by atoms with Gasteiger partial charge in [-0.15, -0.1) is 0 Å². The van der Waals surface area contributed by atoms with Crippen molar-refractivity contribution < 1.29 is 9.59 Å². The minimum Gasteiger partial charge on any atom is -0.356 e. The predicted octanol–water partition coefficient (Wildman–Crippen LogP) is 1.09. The van der Waals surface area contributed by atoms with Gasteiger partial charge in [0.05, 0.1) is 0 Å². The van der Waals surface area contributed by atoms with Crippen LogP contribution in [0.25, 0.3) is 0 Å². The average molecular weight is 347 g/mol. The highest BCUT2D eigenvalue weighted by atomic mass is 16.2. The van der Waals surface area contributed by atoms with E-state index in [1.165, 1.54) is 13.1 Å². The van der Waals surface area contributed by atoms with Crippen LogP contribution in [0.4, 0.5) is 10.6 Å². The fraction of sp³-hybridized carbons (Fsp3) is 0.562. The second-order valence-electron chi connectivity index (χ2n) is 5.41. The molecule has 1 heterocycles. The topological polar surface area (TPSA) is 123 Å². The molecule has 9 nitrogen and oxygen atoms in total. The number of hydrogen-bond acceptors (Lipinski definition) is 6. The smallest absolute Gasteiger partial charge is 0.333 e. The first-order valence-corrected chi connectivity index (χ1v) is 8.36. The van der Waals surface area contributed by atoms with Gasteiger partial charge < -0.3 is 10.6 Å². The van der Waals surface area contributed by atoms with E-state index in [-0.39, 0.29) is 17.8 Å². The summed E-state index contributed by atoms with van der Waals surface area (Å²) < 4.78 is 0. The largest absolute Gasteiger partial charge is 0.356 e. The zero-order valence-corrected chi connectivity index (χ0v) is 14.7. The van der Waals surface area contributed by atoms with Crippen molar-refractivity contribution in [3.63, 3.8) is 0 Å². The molecular formula is C16H25N7O2. The van der Waals surface area contributed by atoms with E-state index in [4.69, 9.17) is 5.26 Å². The number of carbonyl (C=O) groups is 2. The molecule has 0 unspecified atom stereocenters. The van der Waals surface area contributed by atoms with Crippen molar-refractivity contribution >= 4 is 17.8 Å². The van der Waals surface area contributed by atoms with Gasteiger partial charge in [-0.1, -0.05) is 6.92 Å². The zero-order chi connectivity index (χ0) is 18.5. The molecule has 136 valence electrons. The van der Waals surface area contributed by atoms with Gasteiger partial charge in [0.1, 0.15) is 6.07 Å². The molecule has 0 aliphatic carbocycles. The molecule has 0 saturated carbocycles. The van der Waals surface area contributed by atoms with Crippen molar-refractivity contribution in [3.8, 4) is 6.07 Å². The van der Waals surface area contributed by atoms with Crippen LogP contribution >= 0.6 is 0 Å². The van der Waals surface area contributed by atoms with Crippen LogP contribution in [0.5, 0.6) is 0 Å². The standard InChI is InChI=1S/C16H25N7O2/c1-3-11-23(15-7-10-19-14(12-17)21-15)22-16(25)20-9-6-4-5-8-18-13(2)24/h7,10H,3-6,8-9,11H2,1-2H3,(H,18,24)(H2,20,22,25). The minimum atomic E-state index is -0.326. The number of nitrogens with one attached hydrogen (secondary N) is 3.